The highest BCUT2D eigenvalue weighted by molar-refractivity contribution is 5.79. The van der Waals surface area contributed by atoms with E-state index in [2.05, 4.69) is 4.90 Å². The molecule has 1 aliphatic rings. The third-order valence-corrected chi connectivity index (χ3v) is 2.46. The number of ether oxygens (including phenoxy) is 1. The zero-order valence-electron chi connectivity index (χ0n) is 8.48. The second kappa shape index (κ2) is 5.78. The van der Waals surface area contributed by atoms with Crippen molar-refractivity contribution in [3.8, 4) is 0 Å². The molecule has 0 radical (unpaired) electrons. The summed E-state index contributed by atoms with van der Waals surface area (Å²) in [4.78, 5) is 12.6. The minimum Gasteiger partial charge on any atom is -0.478 e. The third kappa shape index (κ3) is 3.47. The number of aliphatic carboxylic acids is 1. The lowest BCUT2D eigenvalue weighted by Crippen LogP contribution is -2.31. The summed E-state index contributed by atoms with van der Waals surface area (Å²) < 4.78 is 5.00. The quantitative estimate of drug-likeness (QED) is 0.663. The van der Waals surface area contributed by atoms with Crippen molar-refractivity contribution in [2.45, 2.75) is 18.9 Å². The Labute approximate surface area is 84.2 Å². The second-order valence-corrected chi connectivity index (χ2v) is 3.44. The highest BCUT2D eigenvalue weighted by Crippen LogP contribution is 2.17. The van der Waals surface area contributed by atoms with Gasteiger partial charge in [-0.2, -0.15) is 0 Å². The number of nitrogens with zero attached hydrogens (tertiary/aromatic N) is 1. The SMILES string of the molecule is COCCN1CCCC1C=CC(=O)O. The maximum atomic E-state index is 10.3. The first kappa shape index (κ1) is 11.2. The van der Waals surface area contributed by atoms with Crippen LogP contribution in [0.4, 0.5) is 0 Å². The molecule has 1 saturated heterocycles. The van der Waals surface area contributed by atoms with Crippen molar-refractivity contribution in [1.82, 2.24) is 4.90 Å². The predicted molar refractivity (Wildman–Crippen MR) is 53.2 cm³/mol. The molecule has 0 aromatic rings. The fourth-order valence-corrected chi connectivity index (χ4v) is 1.75. The minimum atomic E-state index is -0.872. The molecule has 0 spiro atoms. The molecule has 0 bridgehead atoms. The number of carbonyl (C=O) groups is 1. The Balaban J connectivity index is 2.38. The molecule has 1 N–H and O–H groups in total. The van der Waals surface area contributed by atoms with Crippen LogP contribution in [0.3, 0.4) is 0 Å². The topological polar surface area (TPSA) is 49.8 Å². The van der Waals surface area contributed by atoms with Gasteiger partial charge in [-0.25, -0.2) is 4.79 Å². The summed E-state index contributed by atoms with van der Waals surface area (Å²) in [7, 11) is 1.68. The molecular weight excluding hydrogens is 182 g/mol. The molecule has 0 aromatic heterocycles. The van der Waals surface area contributed by atoms with Gasteiger partial charge in [0.15, 0.2) is 0 Å². The summed E-state index contributed by atoms with van der Waals surface area (Å²) in [5.41, 5.74) is 0. The van der Waals surface area contributed by atoms with E-state index in [-0.39, 0.29) is 6.04 Å². The number of hydrogen-bond acceptors (Lipinski definition) is 3. The molecule has 4 nitrogen and oxygen atoms in total. The van der Waals surface area contributed by atoms with Crippen LogP contribution in [0, 0.1) is 0 Å². The third-order valence-electron chi connectivity index (χ3n) is 2.46. The van der Waals surface area contributed by atoms with Crippen molar-refractivity contribution in [1.29, 1.82) is 0 Å². The largest absolute Gasteiger partial charge is 0.478 e. The van der Waals surface area contributed by atoms with Crippen LogP contribution in [0.5, 0.6) is 0 Å². The fraction of sp³-hybridized carbons (Fsp3) is 0.700. The average Bonchev–Trinajstić information content (AvgIpc) is 2.58. The van der Waals surface area contributed by atoms with Crippen LogP contribution >= 0.6 is 0 Å². The number of carboxylic acids is 1. The van der Waals surface area contributed by atoms with E-state index >= 15 is 0 Å². The summed E-state index contributed by atoms with van der Waals surface area (Å²) in [5, 5.41) is 8.51. The van der Waals surface area contributed by atoms with Crippen molar-refractivity contribution in [2.24, 2.45) is 0 Å². The average molecular weight is 199 g/mol. The number of likely N-dealkylation sites (tertiary alicyclic amines) is 1. The van der Waals surface area contributed by atoms with Gasteiger partial charge in [-0.15, -0.1) is 0 Å². The lowest BCUT2D eigenvalue weighted by molar-refractivity contribution is -0.131. The lowest BCUT2D eigenvalue weighted by atomic mass is 10.2. The molecule has 0 aliphatic carbocycles. The van der Waals surface area contributed by atoms with Gasteiger partial charge in [-0.05, 0) is 19.4 Å². The molecule has 1 heterocycles. The van der Waals surface area contributed by atoms with E-state index in [1.54, 1.807) is 13.2 Å². The molecule has 0 saturated carbocycles. The Morgan fingerprint density at radius 2 is 2.50 bits per heavy atom. The number of carboxylic acid groups (broad SMARTS) is 1. The van der Waals surface area contributed by atoms with Crippen LogP contribution in [0.1, 0.15) is 12.8 Å². The molecule has 1 aliphatic heterocycles. The zero-order chi connectivity index (χ0) is 10.4. The van der Waals surface area contributed by atoms with E-state index in [0.717, 1.165) is 25.9 Å². The van der Waals surface area contributed by atoms with Crippen molar-refractivity contribution in [2.75, 3.05) is 26.8 Å². The van der Waals surface area contributed by atoms with Gasteiger partial charge in [-0.3, -0.25) is 4.90 Å². The lowest BCUT2D eigenvalue weighted by Gasteiger charge is -2.20. The van der Waals surface area contributed by atoms with Crippen LogP contribution in [0.2, 0.25) is 0 Å². The first-order chi connectivity index (χ1) is 6.74. The number of hydrogen-bond donors (Lipinski definition) is 1. The molecule has 1 rings (SSSR count). The van der Waals surface area contributed by atoms with Gasteiger partial charge in [0.2, 0.25) is 0 Å². The van der Waals surface area contributed by atoms with Crippen molar-refractivity contribution in [3.05, 3.63) is 12.2 Å². The van der Waals surface area contributed by atoms with E-state index in [1.165, 1.54) is 6.08 Å². The molecule has 14 heavy (non-hydrogen) atoms. The molecule has 1 fully saturated rings. The first-order valence-electron chi connectivity index (χ1n) is 4.88. The van der Waals surface area contributed by atoms with Gasteiger partial charge < -0.3 is 9.84 Å². The smallest absolute Gasteiger partial charge is 0.328 e. The van der Waals surface area contributed by atoms with E-state index in [4.69, 9.17) is 9.84 Å². The van der Waals surface area contributed by atoms with Crippen LogP contribution in [0.25, 0.3) is 0 Å². The van der Waals surface area contributed by atoms with E-state index < -0.39 is 5.97 Å². The summed E-state index contributed by atoms with van der Waals surface area (Å²) in [6.45, 7) is 2.63. The van der Waals surface area contributed by atoms with Crippen LogP contribution in [0.15, 0.2) is 12.2 Å². The number of methoxy groups -OCH3 is 1. The Bertz CT molecular complexity index is 215. The summed E-state index contributed by atoms with van der Waals surface area (Å²) in [6, 6.07) is 0.279. The van der Waals surface area contributed by atoms with E-state index in [1.807, 2.05) is 0 Å². The maximum Gasteiger partial charge on any atom is 0.328 e. The Kier molecular flexibility index (Phi) is 4.62. The van der Waals surface area contributed by atoms with Crippen LogP contribution < -0.4 is 0 Å². The van der Waals surface area contributed by atoms with E-state index in [9.17, 15) is 4.79 Å². The molecule has 4 heteroatoms. The Morgan fingerprint density at radius 3 is 3.14 bits per heavy atom. The maximum absolute atomic E-state index is 10.3. The van der Waals surface area contributed by atoms with Crippen LogP contribution in [-0.2, 0) is 9.53 Å². The summed E-state index contributed by atoms with van der Waals surface area (Å²) in [6.07, 6.45) is 5.19. The first-order valence-corrected chi connectivity index (χ1v) is 4.88. The second-order valence-electron chi connectivity index (χ2n) is 3.44. The van der Waals surface area contributed by atoms with Crippen molar-refractivity contribution < 1.29 is 14.6 Å². The molecule has 0 amide bonds. The predicted octanol–water partition coefficient (Wildman–Crippen LogP) is 0.738. The van der Waals surface area contributed by atoms with Gasteiger partial charge in [0, 0.05) is 25.8 Å². The van der Waals surface area contributed by atoms with Gasteiger partial charge in [-0.1, -0.05) is 6.08 Å². The highest BCUT2D eigenvalue weighted by Gasteiger charge is 2.21. The van der Waals surface area contributed by atoms with Crippen LogP contribution in [-0.4, -0.2) is 48.8 Å². The number of rotatable bonds is 5. The van der Waals surface area contributed by atoms with Crippen molar-refractivity contribution >= 4 is 5.97 Å². The Hall–Kier alpha value is -0.870. The van der Waals surface area contributed by atoms with Gasteiger partial charge in [0.1, 0.15) is 0 Å². The highest BCUT2D eigenvalue weighted by atomic mass is 16.5. The standard InChI is InChI=1S/C10H17NO3/c1-14-8-7-11-6-2-3-9(11)4-5-10(12)13/h4-5,9H,2-3,6-8H2,1H3,(H,12,13). The van der Waals surface area contributed by atoms with Gasteiger partial charge in [0.25, 0.3) is 0 Å². The molecule has 0 aromatic carbocycles. The fourth-order valence-electron chi connectivity index (χ4n) is 1.75. The van der Waals surface area contributed by atoms with Gasteiger partial charge >= 0.3 is 5.97 Å². The Morgan fingerprint density at radius 1 is 1.71 bits per heavy atom. The monoisotopic (exact) mass is 199 g/mol. The van der Waals surface area contributed by atoms with Crippen molar-refractivity contribution in [3.63, 3.8) is 0 Å². The minimum absolute atomic E-state index is 0.279. The summed E-state index contributed by atoms with van der Waals surface area (Å²) >= 11 is 0. The summed E-state index contributed by atoms with van der Waals surface area (Å²) in [5.74, 6) is -0.872. The molecule has 80 valence electrons. The van der Waals surface area contributed by atoms with E-state index in [0.29, 0.717) is 6.61 Å². The molecular formula is C10H17NO3. The molecule has 1 unspecified atom stereocenters. The zero-order valence-corrected chi connectivity index (χ0v) is 8.48. The molecule has 1 atom stereocenters. The van der Waals surface area contributed by atoms with Gasteiger partial charge in [0.05, 0.1) is 6.61 Å². The normalized spacial score (nSPS) is 23.4.